The fourth-order valence-corrected chi connectivity index (χ4v) is 3.73. The molecule has 5 rings (SSSR count). The van der Waals surface area contributed by atoms with E-state index in [4.69, 9.17) is 15.6 Å². The second-order valence-corrected chi connectivity index (χ2v) is 7.12. The largest absolute Gasteiger partial charge is 0.661 e. The summed E-state index contributed by atoms with van der Waals surface area (Å²) in [7, 11) is 0. The Balaban J connectivity index is 0.00000218. The van der Waals surface area contributed by atoms with Gasteiger partial charge in [-0.15, -0.1) is 13.1 Å². The maximum absolute atomic E-state index is 6.22. The van der Waals surface area contributed by atoms with Gasteiger partial charge in [0, 0.05) is 52.9 Å². The molecule has 0 aliphatic carbocycles. The van der Waals surface area contributed by atoms with E-state index in [1.165, 1.54) is 6.33 Å². The Morgan fingerprint density at radius 1 is 1.00 bits per heavy atom. The zero-order valence-corrected chi connectivity index (χ0v) is 20.2. The summed E-state index contributed by atoms with van der Waals surface area (Å²) in [6.45, 7) is 1.67. The number of para-hydroxylation sites is 1. The van der Waals surface area contributed by atoms with Crippen molar-refractivity contribution in [2.45, 2.75) is 18.9 Å². The standard InChI is InChI=1S/C22H21N6O.Pr/c23-21-19-20(15-8-10-18(11-9-15)29-17-6-2-1-3-7-17)27-28(22(19)26-14-25-21)16-5-4-12-24-13-16;/h1-3,6-11,14,16H,4-5,12-13H2,(H2,23,25,26);/q-1;. The fraction of sp³-hybridized carbons (Fsp3) is 0.227. The number of nitrogen functional groups attached to an aromatic ring is 1. The Hall–Kier alpha value is -2.09. The van der Waals surface area contributed by atoms with Crippen LogP contribution in [0.25, 0.3) is 27.6 Å². The summed E-state index contributed by atoms with van der Waals surface area (Å²) < 4.78 is 7.87. The number of piperidine rings is 1. The number of fused-ring (bicyclic) bond motifs is 1. The van der Waals surface area contributed by atoms with E-state index in [9.17, 15) is 0 Å². The van der Waals surface area contributed by atoms with Crippen molar-refractivity contribution in [2.75, 3.05) is 18.8 Å². The molecule has 1 atom stereocenters. The Morgan fingerprint density at radius 3 is 2.50 bits per heavy atom. The normalized spacial score (nSPS) is 16.2. The maximum atomic E-state index is 6.22. The van der Waals surface area contributed by atoms with Gasteiger partial charge in [-0.25, -0.2) is 14.6 Å². The van der Waals surface area contributed by atoms with Crippen LogP contribution in [0.4, 0.5) is 5.82 Å². The van der Waals surface area contributed by atoms with Gasteiger partial charge in [-0.1, -0.05) is 24.6 Å². The predicted molar refractivity (Wildman–Crippen MR) is 113 cm³/mol. The molecule has 0 amide bonds. The summed E-state index contributed by atoms with van der Waals surface area (Å²) in [5.74, 6) is 2.00. The van der Waals surface area contributed by atoms with Crippen LogP contribution in [-0.2, 0) is 0 Å². The molecule has 2 N–H and O–H groups in total. The molecule has 7 nitrogen and oxygen atoms in total. The number of anilines is 1. The summed E-state index contributed by atoms with van der Waals surface area (Å²) in [6, 6.07) is 17.8. The molecule has 3 heterocycles. The number of hydrogen-bond acceptors (Lipinski definition) is 5. The second-order valence-electron chi connectivity index (χ2n) is 7.12. The molecule has 30 heavy (non-hydrogen) atoms. The molecule has 0 spiro atoms. The first-order valence-corrected chi connectivity index (χ1v) is 9.75. The van der Waals surface area contributed by atoms with Crippen molar-refractivity contribution < 1.29 is 46.0 Å². The van der Waals surface area contributed by atoms with Gasteiger partial charge >= 0.3 is 0 Å². The number of rotatable bonds is 4. The second kappa shape index (κ2) is 9.37. The van der Waals surface area contributed by atoms with Crippen LogP contribution in [0.5, 0.6) is 11.5 Å². The summed E-state index contributed by atoms with van der Waals surface area (Å²) in [6.07, 6.45) is 3.59. The van der Waals surface area contributed by atoms with Crippen molar-refractivity contribution in [3.8, 4) is 22.8 Å². The van der Waals surface area contributed by atoms with Crippen LogP contribution >= 0.6 is 0 Å². The predicted octanol–water partition coefficient (Wildman–Crippen LogP) is 4.58. The van der Waals surface area contributed by atoms with Crippen LogP contribution in [-0.4, -0.2) is 32.8 Å². The van der Waals surface area contributed by atoms with Crippen molar-refractivity contribution in [1.29, 1.82) is 0 Å². The minimum absolute atomic E-state index is 0. The van der Waals surface area contributed by atoms with Gasteiger partial charge in [0.25, 0.3) is 0 Å². The van der Waals surface area contributed by atoms with Crippen molar-refractivity contribution >= 4 is 16.9 Å². The van der Waals surface area contributed by atoms with E-state index >= 15 is 0 Å². The van der Waals surface area contributed by atoms with Crippen molar-refractivity contribution in [2.24, 2.45) is 0 Å². The molecular formula is C22H21N6OPr-. The van der Waals surface area contributed by atoms with E-state index in [0.29, 0.717) is 5.82 Å². The number of nitrogens with two attached hydrogens (primary N) is 1. The Morgan fingerprint density at radius 2 is 1.77 bits per heavy atom. The van der Waals surface area contributed by atoms with E-state index < -0.39 is 0 Å². The number of ether oxygens (including phenoxy) is 1. The van der Waals surface area contributed by atoms with E-state index in [2.05, 4.69) is 15.3 Å². The molecular weight excluding hydrogens is 505 g/mol. The summed E-state index contributed by atoms with van der Waals surface area (Å²) in [5, 5.41) is 10.2. The first kappa shape index (κ1) is 21.2. The van der Waals surface area contributed by atoms with E-state index in [-0.39, 0.29) is 47.3 Å². The quantitative estimate of drug-likeness (QED) is 0.421. The Kier molecular flexibility index (Phi) is 6.61. The zero-order valence-electron chi connectivity index (χ0n) is 16.5. The molecule has 1 aliphatic rings. The third-order valence-corrected chi connectivity index (χ3v) is 5.16. The van der Waals surface area contributed by atoms with Gasteiger partial charge in [0.15, 0.2) is 5.65 Å². The maximum Gasteiger partial charge on any atom is 0.164 e. The summed E-state index contributed by atoms with van der Waals surface area (Å²) in [4.78, 5) is 8.67. The molecule has 1 unspecified atom stereocenters. The van der Waals surface area contributed by atoms with Gasteiger partial charge < -0.3 is 15.8 Å². The molecule has 149 valence electrons. The van der Waals surface area contributed by atoms with Crippen LogP contribution in [0.3, 0.4) is 0 Å². The zero-order chi connectivity index (χ0) is 19.6. The molecule has 1 fully saturated rings. The number of hydrogen-bond donors (Lipinski definition) is 1. The summed E-state index contributed by atoms with van der Waals surface area (Å²) in [5.41, 5.74) is 8.71. The molecule has 2 aromatic heterocycles. The Labute approximate surface area is 208 Å². The average molecular weight is 526 g/mol. The van der Waals surface area contributed by atoms with Gasteiger partial charge in [0.05, 0.1) is 5.39 Å². The van der Waals surface area contributed by atoms with Crippen LogP contribution < -0.4 is 10.5 Å². The topological polar surface area (TPSA) is 92.9 Å². The van der Waals surface area contributed by atoms with Crippen LogP contribution in [0.1, 0.15) is 18.9 Å². The minimum Gasteiger partial charge on any atom is -0.661 e. The first-order chi connectivity index (χ1) is 14.3. The number of benzene rings is 2. The van der Waals surface area contributed by atoms with Crippen molar-refractivity contribution in [1.82, 2.24) is 19.7 Å². The monoisotopic (exact) mass is 526 g/mol. The fourth-order valence-electron chi connectivity index (χ4n) is 3.73. The molecule has 0 bridgehead atoms. The first-order valence-electron chi connectivity index (χ1n) is 9.75. The Bertz CT molecular complexity index is 1120. The molecule has 0 saturated carbocycles. The van der Waals surface area contributed by atoms with E-state index in [1.807, 2.05) is 59.3 Å². The SMILES string of the molecule is Nc1ncnc2c1c(-c1ccc(Oc3ccccc3)cc1)nn2C1CCC[N-]C1.[Pr]. The van der Waals surface area contributed by atoms with E-state index in [0.717, 1.165) is 59.7 Å². The van der Waals surface area contributed by atoms with Crippen LogP contribution in [0.15, 0.2) is 60.9 Å². The van der Waals surface area contributed by atoms with Crippen LogP contribution in [0.2, 0.25) is 0 Å². The molecule has 1 aliphatic heterocycles. The molecule has 2 aromatic carbocycles. The third kappa shape index (κ3) is 4.20. The molecule has 1 radical (unpaired) electrons. The molecule has 4 aromatic rings. The third-order valence-electron chi connectivity index (χ3n) is 5.16. The van der Waals surface area contributed by atoms with Crippen molar-refractivity contribution in [3.63, 3.8) is 0 Å². The molecule has 8 heteroatoms. The number of nitrogens with zero attached hydrogens (tertiary/aromatic N) is 5. The summed E-state index contributed by atoms with van der Waals surface area (Å²) >= 11 is 0. The van der Waals surface area contributed by atoms with Gasteiger partial charge in [-0.05, 0) is 42.8 Å². The molecule has 1 saturated heterocycles. The smallest absolute Gasteiger partial charge is 0.164 e. The van der Waals surface area contributed by atoms with E-state index in [1.54, 1.807) is 0 Å². The minimum atomic E-state index is 0. The van der Waals surface area contributed by atoms with Gasteiger partial charge in [0.1, 0.15) is 29.3 Å². The van der Waals surface area contributed by atoms with Crippen molar-refractivity contribution in [3.05, 3.63) is 66.2 Å². The number of aromatic nitrogens is 4. The van der Waals surface area contributed by atoms with Gasteiger partial charge in [-0.3, -0.25) is 0 Å². The van der Waals surface area contributed by atoms with Crippen LogP contribution in [0, 0.1) is 41.3 Å². The van der Waals surface area contributed by atoms with Gasteiger partial charge in [0.2, 0.25) is 0 Å². The average Bonchev–Trinajstić information content (AvgIpc) is 3.17. The van der Waals surface area contributed by atoms with Gasteiger partial charge in [-0.2, -0.15) is 5.10 Å².